The van der Waals surface area contributed by atoms with E-state index in [9.17, 15) is 4.79 Å². The minimum Gasteiger partial charge on any atom is -0.244 e. The van der Waals surface area contributed by atoms with Crippen molar-refractivity contribution in [2.75, 3.05) is 0 Å². The summed E-state index contributed by atoms with van der Waals surface area (Å²) in [7, 11) is 0. The molecule has 0 aromatic carbocycles. The topological polar surface area (TPSA) is 50.0 Å². The molecule has 2 rings (SSSR count). The maximum Gasteiger partial charge on any atom is 0.361 e. The summed E-state index contributed by atoms with van der Waals surface area (Å²) in [6.45, 7) is 20.5. The molecule has 0 aromatic heterocycles. The molecule has 0 N–H and O–H groups in total. The lowest BCUT2D eigenvalue weighted by Gasteiger charge is -2.44. The molecule has 0 spiro atoms. The molecule has 0 bridgehead atoms. The predicted octanol–water partition coefficient (Wildman–Crippen LogP) is 4.46. The van der Waals surface area contributed by atoms with E-state index in [0.717, 1.165) is 0 Å². The minimum absolute atomic E-state index is 0.0489. The number of hydrogen-bond acceptors (Lipinski definition) is 2. The van der Waals surface area contributed by atoms with Crippen LogP contribution in [0.25, 0.3) is 0 Å². The largest absolute Gasteiger partial charge is 0.361 e. The summed E-state index contributed by atoms with van der Waals surface area (Å²) in [5.74, 6) is 0.749. The second-order valence-corrected chi connectivity index (χ2v) is 8.86. The van der Waals surface area contributed by atoms with Crippen molar-refractivity contribution < 1.29 is 4.79 Å². The summed E-state index contributed by atoms with van der Waals surface area (Å²) < 4.78 is 0. The van der Waals surface area contributed by atoms with Crippen LogP contribution in [-0.2, 0) is 0 Å². The van der Waals surface area contributed by atoms with Gasteiger partial charge in [-0.05, 0) is 80.4 Å². The van der Waals surface area contributed by atoms with Crippen LogP contribution in [0.2, 0.25) is 0 Å². The third-order valence-electron chi connectivity index (χ3n) is 4.91. The van der Waals surface area contributed by atoms with E-state index in [2.05, 4.69) is 38.2 Å². The molecule has 1 heterocycles. The average Bonchev–Trinajstić information content (AvgIpc) is 2.61. The van der Waals surface area contributed by atoms with Crippen LogP contribution in [0, 0.1) is 5.92 Å². The average molecular weight is 331 g/mol. The number of rotatable bonds is 1. The highest BCUT2D eigenvalue weighted by atomic mass is 16.2. The highest BCUT2D eigenvalue weighted by Gasteiger charge is 2.44. The lowest BCUT2D eigenvalue weighted by Crippen LogP contribution is -2.63. The quantitative estimate of drug-likeness (QED) is 0.700. The lowest BCUT2D eigenvalue weighted by atomic mass is 9.95. The fourth-order valence-corrected chi connectivity index (χ4v) is 3.13. The molecule has 1 aliphatic carbocycles. The van der Waals surface area contributed by atoms with Crippen molar-refractivity contribution in [3.05, 3.63) is 22.3 Å². The summed E-state index contributed by atoms with van der Waals surface area (Å²) >= 11 is 0. The van der Waals surface area contributed by atoms with Gasteiger partial charge < -0.3 is 0 Å². The Balaban J connectivity index is 2.56. The third-order valence-corrected chi connectivity index (χ3v) is 4.91. The molecule has 0 saturated carbocycles. The predicted molar refractivity (Wildman–Crippen MR) is 98.4 cm³/mol. The minimum atomic E-state index is -0.403. The fourth-order valence-electron chi connectivity index (χ4n) is 3.13. The van der Waals surface area contributed by atoms with E-state index in [1.54, 1.807) is 10.0 Å². The molecule has 1 radical (unpaired) electrons. The molecule has 24 heavy (non-hydrogen) atoms. The third kappa shape index (κ3) is 2.96. The number of amides is 2. The van der Waals surface area contributed by atoms with Crippen LogP contribution in [-0.4, -0.2) is 33.0 Å². The van der Waals surface area contributed by atoms with Crippen LogP contribution in [0.15, 0.2) is 27.4 Å². The first-order valence-electron chi connectivity index (χ1n) is 8.56. The van der Waals surface area contributed by atoms with Crippen LogP contribution in [0.3, 0.4) is 0 Å². The van der Waals surface area contributed by atoms with E-state index in [1.807, 2.05) is 41.5 Å². The molecule has 5 heteroatoms. The Morgan fingerprint density at radius 3 is 1.58 bits per heavy atom. The zero-order valence-corrected chi connectivity index (χ0v) is 16.8. The number of nitrogens with zero attached hydrogens (tertiary/aromatic N) is 4. The van der Waals surface area contributed by atoms with Gasteiger partial charge in [-0.25, -0.2) is 14.8 Å². The summed E-state index contributed by atoms with van der Waals surface area (Å²) in [4.78, 5) is 12.9. The first-order valence-corrected chi connectivity index (χ1v) is 8.56. The monoisotopic (exact) mass is 331 g/mol. The van der Waals surface area contributed by atoms with Gasteiger partial charge in [0.05, 0.1) is 17.0 Å². The maximum absolute atomic E-state index is 12.9. The molecule has 0 atom stereocenters. The Labute approximate surface area is 146 Å². The van der Waals surface area contributed by atoms with Gasteiger partial charge in [-0.3, -0.25) is 0 Å². The van der Waals surface area contributed by atoms with E-state index >= 15 is 0 Å². The highest BCUT2D eigenvalue weighted by Crippen LogP contribution is 2.39. The van der Waals surface area contributed by atoms with E-state index in [1.165, 1.54) is 22.3 Å². The molecule has 1 aliphatic heterocycles. The van der Waals surface area contributed by atoms with Crippen molar-refractivity contribution in [1.82, 2.24) is 15.4 Å². The second-order valence-electron chi connectivity index (χ2n) is 8.86. The zero-order valence-electron chi connectivity index (χ0n) is 16.8. The number of hydrogen-bond donors (Lipinski definition) is 0. The summed E-state index contributed by atoms with van der Waals surface area (Å²) in [5, 5.41) is 7.82. The van der Waals surface area contributed by atoms with Gasteiger partial charge in [0.2, 0.25) is 0 Å². The molecule has 0 saturated heterocycles. The van der Waals surface area contributed by atoms with Crippen LogP contribution >= 0.6 is 0 Å². The van der Waals surface area contributed by atoms with Crippen molar-refractivity contribution in [2.24, 2.45) is 11.0 Å². The molecule has 0 fully saturated rings. The summed E-state index contributed by atoms with van der Waals surface area (Å²) in [5.41, 5.74) is 9.01. The van der Waals surface area contributed by atoms with Crippen LogP contribution in [0.1, 0.15) is 69.2 Å². The SMILES string of the molecule is CC1=C(C)C(C2=NN(C(C)(C)C)C(=O)N(C(C)(C)C)[N]2)C(C)=C1C. The molecule has 2 amide bonds. The van der Waals surface area contributed by atoms with E-state index in [4.69, 9.17) is 0 Å². The molecule has 133 valence electrons. The van der Waals surface area contributed by atoms with Gasteiger partial charge in [0.15, 0.2) is 5.84 Å². The van der Waals surface area contributed by atoms with E-state index < -0.39 is 11.1 Å². The fraction of sp³-hybridized carbons (Fsp3) is 0.684. The normalized spacial score (nSPS) is 20.9. The van der Waals surface area contributed by atoms with Crippen molar-refractivity contribution in [2.45, 2.75) is 80.3 Å². The highest BCUT2D eigenvalue weighted by molar-refractivity contribution is 5.95. The van der Waals surface area contributed by atoms with Gasteiger partial charge in [0.1, 0.15) is 0 Å². The molecular weight excluding hydrogens is 300 g/mol. The Morgan fingerprint density at radius 2 is 1.21 bits per heavy atom. The molecule has 0 unspecified atom stereocenters. The van der Waals surface area contributed by atoms with Crippen molar-refractivity contribution >= 4 is 11.9 Å². The van der Waals surface area contributed by atoms with E-state index in [0.29, 0.717) is 5.84 Å². The van der Waals surface area contributed by atoms with Crippen molar-refractivity contribution in [3.8, 4) is 0 Å². The molecule has 5 nitrogen and oxygen atoms in total. The molecular formula is C19H31N4O. The molecule has 0 aromatic rings. The standard InChI is InChI=1S/C19H31N4O/c1-11-12(2)14(4)15(13(11)3)16-20-22(18(5,6)7)17(24)23(21-16)19(8,9)10/h15H,1-10H3. The van der Waals surface area contributed by atoms with Crippen LogP contribution in [0.4, 0.5) is 4.79 Å². The van der Waals surface area contributed by atoms with Gasteiger partial charge in [-0.15, -0.1) is 10.5 Å². The lowest BCUT2D eigenvalue weighted by molar-refractivity contribution is 0.0492. The number of urea groups is 1. The first-order chi connectivity index (χ1) is 10.8. The second kappa shape index (κ2) is 5.64. The Bertz CT molecular complexity index is 632. The smallest absolute Gasteiger partial charge is 0.244 e. The summed E-state index contributed by atoms with van der Waals surface area (Å²) in [6.07, 6.45) is 0. The Kier molecular flexibility index (Phi) is 4.36. The van der Waals surface area contributed by atoms with Crippen molar-refractivity contribution in [1.29, 1.82) is 0 Å². The van der Waals surface area contributed by atoms with Gasteiger partial charge >= 0.3 is 6.03 Å². The zero-order chi connectivity index (χ0) is 18.6. The van der Waals surface area contributed by atoms with Crippen LogP contribution in [0.5, 0.6) is 0 Å². The first kappa shape index (κ1) is 18.6. The Morgan fingerprint density at radius 1 is 0.792 bits per heavy atom. The number of carbonyl (C=O) groups is 1. The van der Waals surface area contributed by atoms with Gasteiger partial charge in [-0.1, -0.05) is 11.1 Å². The van der Waals surface area contributed by atoms with Gasteiger partial charge in [-0.2, -0.15) is 0 Å². The van der Waals surface area contributed by atoms with Gasteiger partial charge in [0.25, 0.3) is 0 Å². The van der Waals surface area contributed by atoms with Crippen molar-refractivity contribution in [3.63, 3.8) is 0 Å². The Hall–Kier alpha value is -1.78. The maximum atomic E-state index is 12.9. The van der Waals surface area contributed by atoms with E-state index in [-0.39, 0.29) is 11.9 Å². The molecule has 2 aliphatic rings. The number of allylic oxidation sites excluding steroid dienone is 2. The van der Waals surface area contributed by atoms with Crippen LogP contribution < -0.4 is 5.43 Å². The number of hydrazone groups is 1. The van der Waals surface area contributed by atoms with Gasteiger partial charge in [0, 0.05) is 0 Å². The number of carbonyl (C=O) groups excluding carboxylic acids is 1. The summed E-state index contributed by atoms with van der Waals surface area (Å²) in [6, 6.07) is -0.173. The number of amidine groups is 1.